The Morgan fingerprint density at radius 1 is 1.35 bits per heavy atom. The number of allylic oxidation sites excluding steroid dienone is 5. The molecule has 1 aromatic carbocycles. The summed E-state index contributed by atoms with van der Waals surface area (Å²) in [7, 11) is 0. The Morgan fingerprint density at radius 2 is 2.18 bits per heavy atom. The fourth-order valence-corrected chi connectivity index (χ4v) is 3.00. The highest BCUT2D eigenvalue weighted by Crippen LogP contribution is 2.51. The predicted molar refractivity (Wildman–Crippen MR) is 69.5 cm³/mol. The van der Waals surface area contributed by atoms with Gasteiger partial charge in [0.25, 0.3) is 0 Å². The maximum Gasteiger partial charge on any atom is 0.166 e. The molecule has 84 valence electrons. The second-order valence-electron chi connectivity index (χ2n) is 4.71. The van der Waals surface area contributed by atoms with Crippen molar-refractivity contribution < 1.29 is 4.79 Å². The standard InChI is InChI=1S/C16H14O/c1-2-10-16-11-12-6-3-4-7-13(12)14(16)8-5-9-15(16)17/h2-9H,1,10-11H2. The Kier molecular flexibility index (Phi) is 2.15. The summed E-state index contributed by atoms with van der Waals surface area (Å²) < 4.78 is 0. The van der Waals surface area contributed by atoms with Gasteiger partial charge in [0, 0.05) is 0 Å². The average molecular weight is 222 g/mol. The Bertz CT molecular complexity index is 563. The van der Waals surface area contributed by atoms with Gasteiger partial charge in [-0.15, -0.1) is 6.58 Å². The van der Waals surface area contributed by atoms with Crippen molar-refractivity contribution in [3.8, 4) is 0 Å². The van der Waals surface area contributed by atoms with Gasteiger partial charge >= 0.3 is 0 Å². The lowest BCUT2D eigenvalue weighted by molar-refractivity contribution is -0.120. The van der Waals surface area contributed by atoms with Crippen LogP contribution in [-0.4, -0.2) is 5.78 Å². The normalized spacial score (nSPS) is 25.2. The predicted octanol–water partition coefficient (Wildman–Crippen LogP) is 3.33. The average Bonchev–Trinajstić information content (AvgIpc) is 2.66. The largest absolute Gasteiger partial charge is 0.294 e. The molecule has 2 aliphatic carbocycles. The van der Waals surface area contributed by atoms with Crippen molar-refractivity contribution in [2.45, 2.75) is 12.8 Å². The second-order valence-corrected chi connectivity index (χ2v) is 4.71. The molecule has 17 heavy (non-hydrogen) atoms. The van der Waals surface area contributed by atoms with Crippen molar-refractivity contribution in [2.24, 2.45) is 5.41 Å². The molecule has 0 heterocycles. The zero-order valence-corrected chi connectivity index (χ0v) is 9.65. The number of rotatable bonds is 2. The summed E-state index contributed by atoms with van der Waals surface area (Å²) in [5.41, 5.74) is 3.30. The fraction of sp³-hybridized carbons (Fsp3) is 0.188. The van der Waals surface area contributed by atoms with E-state index in [1.807, 2.05) is 24.3 Å². The van der Waals surface area contributed by atoms with Crippen molar-refractivity contribution in [3.05, 3.63) is 66.3 Å². The van der Waals surface area contributed by atoms with Crippen molar-refractivity contribution in [1.82, 2.24) is 0 Å². The first-order valence-electron chi connectivity index (χ1n) is 5.90. The van der Waals surface area contributed by atoms with Gasteiger partial charge in [-0.3, -0.25) is 4.79 Å². The smallest absolute Gasteiger partial charge is 0.166 e. The molecule has 1 atom stereocenters. The maximum absolute atomic E-state index is 12.3. The minimum Gasteiger partial charge on any atom is -0.294 e. The van der Waals surface area contributed by atoms with E-state index in [0.29, 0.717) is 0 Å². The van der Waals surface area contributed by atoms with E-state index in [2.05, 4.69) is 24.8 Å². The fourth-order valence-electron chi connectivity index (χ4n) is 3.00. The molecule has 1 unspecified atom stereocenters. The summed E-state index contributed by atoms with van der Waals surface area (Å²) in [6.07, 6.45) is 9.02. The number of hydrogen-bond donors (Lipinski definition) is 0. The number of carbonyl (C=O) groups excluding carboxylic acids is 1. The first kappa shape index (κ1) is 10.3. The van der Waals surface area contributed by atoms with Gasteiger partial charge in [0.1, 0.15) is 0 Å². The van der Waals surface area contributed by atoms with Crippen LogP contribution in [-0.2, 0) is 11.2 Å². The molecule has 0 amide bonds. The summed E-state index contributed by atoms with van der Waals surface area (Å²) in [6, 6.07) is 8.30. The summed E-state index contributed by atoms with van der Waals surface area (Å²) in [4.78, 5) is 12.3. The number of carbonyl (C=O) groups is 1. The Morgan fingerprint density at radius 3 is 3.00 bits per heavy atom. The van der Waals surface area contributed by atoms with Gasteiger partial charge in [0.15, 0.2) is 5.78 Å². The van der Waals surface area contributed by atoms with Crippen molar-refractivity contribution >= 4 is 11.4 Å². The third-order valence-corrected chi connectivity index (χ3v) is 3.79. The number of benzene rings is 1. The van der Waals surface area contributed by atoms with Crippen LogP contribution in [0.4, 0.5) is 0 Å². The van der Waals surface area contributed by atoms with E-state index in [0.717, 1.165) is 12.8 Å². The first-order valence-corrected chi connectivity index (χ1v) is 5.90. The SMILES string of the molecule is C=CCC12Cc3ccccc3C1=CC=CC2=O. The molecule has 0 saturated carbocycles. The van der Waals surface area contributed by atoms with Crippen LogP contribution in [0.5, 0.6) is 0 Å². The van der Waals surface area contributed by atoms with Crippen LogP contribution in [0.15, 0.2) is 55.1 Å². The number of ketones is 1. The zero-order valence-electron chi connectivity index (χ0n) is 9.65. The molecule has 3 rings (SSSR count). The lowest BCUT2D eigenvalue weighted by atomic mass is 9.72. The van der Waals surface area contributed by atoms with Crippen LogP contribution in [0.3, 0.4) is 0 Å². The van der Waals surface area contributed by atoms with Gasteiger partial charge in [0.05, 0.1) is 5.41 Å². The van der Waals surface area contributed by atoms with Crippen molar-refractivity contribution in [3.63, 3.8) is 0 Å². The summed E-state index contributed by atoms with van der Waals surface area (Å²) in [5, 5.41) is 0. The molecule has 0 spiro atoms. The van der Waals surface area contributed by atoms with Gasteiger partial charge in [0.2, 0.25) is 0 Å². The van der Waals surface area contributed by atoms with E-state index in [1.54, 1.807) is 6.08 Å². The Balaban J connectivity index is 2.22. The third kappa shape index (κ3) is 1.29. The van der Waals surface area contributed by atoms with Gasteiger partial charge in [-0.05, 0) is 35.6 Å². The molecule has 2 aliphatic rings. The van der Waals surface area contributed by atoms with Gasteiger partial charge in [-0.1, -0.05) is 42.5 Å². The summed E-state index contributed by atoms with van der Waals surface area (Å²) in [5.74, 6) is 0.214. The molecule has 0 aliphatic heterocycles. The number of fused-ring (bicyclic) bond motifs is 3. The highest BCUT2D eigenvalue weighted by molar-refractivity contribution is 6.09. The molecule has 0 aromatic heterocycles. The van der Waals surface area contributed by atoms with E-state index < -0.39 is 0 Å². The van der Waals surface area contributed by atoms with Crippen LogP contribution in [0.1, 0.15) is 17.5 Å². The van der Waals surface area contributed by atoms with Crippen LogP contribution in [0.25, 0.3) is 5.57 Å². The van der Waals surface area contributed by atoms with Crippen molar-refractivity contribution in [1.29, 1.82) is 0 Å². The molecule has 0 N–H and O–H groups in total. The monoisotopic (exact) mass is 222 g/mol. The minimum atomic E-state index is -0.375. The van der Waals surface area contributed by atoms with E-state index in [4.69, 9.17) is 0 Å². The quantitative estimate of drug-likeness (QED) is 0.701. The molecule has 1 heteroatoms. The summed E-state index contributed by atoms with van der Waals surface area (Å²) >= 11 is 0. The van der Waals surface area contributed by atoms with E-state index >= 15 is 0 Å². The van der Waals surface area contributed by atoms with Gasteiger partial charge in [-0.25, -0.2) is 0 Å². The van der Waals surface area contributed by atoms with E-state index in [1.165, 1.54) is 16.7 Å². The Labute approximate surface area is 101 Å². The molecule has 0 fully saturated rings. The van der Waals surface area contributed by atoms with Crippen LogP contribution < -0.4 is 0 Å². The van der Waals surface area contributed by atoms with Crippen molar-refractivity contribution in [2.75, 3.05) is 0 Å². The minimum absolute atomic E-state index is 0.214. The molecule has 0 saturated heterocycles. The van der Waals surface area contributed by atoms with Crippen LogP contribution in [0, 0.1) is 5.41 Å². The molecule has 0 bridgehead atoms. The molecular formula is C16H14O. The molecule has 1 aromatic rings. The maximum atomic E-state index is 12.3. The third-order valence-electron chi connectivity index (χ3n) is 3.79. The molecule has 0 radical (unpaired) electrons. The number of hydrogen-bond acceptors (Lipinski definition) is 1. The second kappa shape index (κ2) is 3.56. The lowest BCUT2D eigenvalue weighted by Crippen LogP contribution is -2.30. The van der Waals surface area contributed by atoms with E-state index in [9.17, 15) is 4.79 Å². The zero-order chi connectivity index (χ0) is 11.9. The summed E-state index contributed by atoms with van der Waals surface area (Å²) in [6.45, 7) is 3.80. The first-order chi connectivity index (χ1) is 8.28. The molecular weight excluding hydrogens is 208 g/mol. The van der Waals surface area contributed by atoms with Crippen LogP contribution in [0.2, 0.25) is 0 Å². The lowest BCUT2D eigenvalue weighted by Gasteiger charge is -2.29. The van der Waals surface area contributed by atoms with Crippen LogP contribution >= 0.6 is 0 Å². The topological polar surface area (TPSA) is 17.1 Å². The Hall–Kier alpha value is -1.89. The highest BCUT2D eigenvalue weighted by atomic mass is 16.1. The van der Waals surface area contributed by atoms with Gasteiger partial charge in [-0.2, -0.15) is 0 Å². The molecule has 1 nitrogen and oxygen atoms in total. The van der Waals surface area contributed by atoms with E-state index in [-0.39, 0.29) is 11.2 Å². The highest BCUT2D eigenvalue weighted by Gasteiger charge is 2.46. The van der Waals surface area contributed by atoms with Gasteiger partial charge < -0.3 is 0 Å².